The minimum Gasteiger partial charge on any atom is -0.326 e. The van der Waals surface area contributed by atoms with Crippen LogP contribution in [0.3, 0.4) is 0 Å². The molecule has 0 aromatic heterocycles. The molecule has 0 saturated heterocycles. The summed E-state index contributed by atoms with van der Waals surface area (Å²) in [4.78, 5) is 0.397. The van der Waals surface area contributed by atoms with Crippen molar-refractivity contribution in [2.45, 2.75) is 43.7 Å². The smallest absolute Gasteiger partial charge is 0.243 e. The molecule has 0 amide bonds. The van der Waals surface area contributed by atoms with E-state index in [1.807, 2.05) is 13.0 Å². The molecule has 0 heterocycles. The fourth-order valence-corrected chi connectivity index (χ4v) is 3.85. The molecule has 1 aliphatic rings. The molecule has 2 N–H and O–H groups in total. The summed E-state index contributed by atoms with van der Waals surface area (Å²) >= 11 is 0. The maximum atomic E-state index is 12.5. The van der Waals surface area contributed by atoms with Crippen molar-refractivity contribution < 1.29 is 8.42 Å². The Labute approximate surface area is 109 Å². The number of hydrogen-bond donors (Lipinski definition) is 1. The van der Waals surface area contributed by atoms with E-state index in [0.717, 1.165) is 30.4 Å². The number of rotatable bonds is 4. The van der Waals surface area contributed by atoms with Gasteiger partial charge in [-0.2, -0.15) is 4.31 Å². The predicted octanol–water partition coefficient (Wildman–Crippen LogP) is 1.63. The van der Waals surface area contributed by atoms with Crippen LogP contribution in [0.1, 0.15) is 30.4 Å². The van der Waals surface area contributed by atoms with Crippen LogP contribution in [0.15, 0.2) is 23.1 Å². The Morgan fingerprint density at radius 3 is 2.50 bits per heavy atom. The molecule has 0 spiro atoms. The first-order valence-corrected chi connectivity index (χ1v) is 7.68. The van der Waals surface area contributed by atoms with Crippen molar-refractivity contribution in [3.8, 4) is 0 Å². The van der Waals surface area contributed by atoms with Crippen LogP contribution in [0, 0.1) is 6.92 Å². The minimum absolute atomic E-state index is 0.170. The van der Waals surface area contributed by atoms with Crippen LogP contribution >= 0.6 is 0 Å². The molecule has 18 heavy (non-hydrogen) atoms. The van der Waals surface area contributed by atoms with Crippen LogP contribution < -0.4 is 5.73 Å². The van der Waals surface area contributed by atoms with Gasteiger partial charge in [0.15, 0.2) is 0 Å². The first kappa shape index (κ1) is 13.5. The quantitative estimate of drug-likeness (QED) is 0.902. The highest BCUT2D eigenvalue weighted by Crippen LogP contribution is 2.29. The summed E-state index contributed by atoms with van der Waals surface area (Å²) in [5.74, 6) is 0. The Kier molecular flexibility index (Phi) is 3.75. The van der Waals surface area contributed by atoms with Gasteiger partial charge in [-0.05, 0) is 37.0 Å². The fraction of sp³-hybridized carbons (Fsp3) is 0.538. The second-order valence-electron chi connectivity index (χ2n) is 4.91. The molecule has 1 aromatic rings. The van der Waals surface area contributed by atoms with Crippen molar-refractivity contribution in [2.24, 2.45) is 5.73 Å². The second-order valence-corrected chi connectivity index (χ2v) is 6.88. The number of nitrogens with zero attached hydrogens (tertiary/aromatic N) is 1. The van der Waals surface area contributed by atoms with Gasteiger partial charge in [0.2, 0.25) is 10.0 Å². The van der Waals surface area contributed by atoms with Crippen molar-refractivity contribution in [3.63, 3.8) is 0 Å². The Morgan fingerprint density at radius 1 is 1.39 bits per heavy atom. The van der Waals surface area contributed by atoms with Gasteiger partial charge in [-0.3, -0.25) is 0 Å². The first-order valence-electron chi connectivity index (χ1n) is 6.24. The highest BCUT2D eigenvalue weighted by molar-refractivity contribution is 7.89. The lowest BCUT2D eigenvalue weighted by molar-refractivity contribution is 0.249. The highest BCUT2D eigenvalue weighted by Gasteiger charge is 2.32. The Morgan fingerprint density at radius 2 is 2.06 bits per heavy atom. The van der Waals surface area contributed by atoms with Gasteiger partial charge in [0.1, 0.15) is 0 Å². The maximum absolute atomic E-state index is 12.5. The fourth-order valence-electron chi connectivity index (χ4n) is 2.23. The number of benzene rings is 1. The highest BCUT2D eigenvalue weighted by atomic mass is 32.2. The van der Waals surface area contributed by atoms with Crippen LogP contribution in [0.25, 0.3) is 0 Å². The van der Waals surface area contributed by atoms with Gasteiger partial charge in [0, 0.05) is 19.6 Å². The van der Waals surface area contributed by atoms with Gasteiger partial charge in [-0.15, -0.1) is 0 Å². The van der Waals surface area contributed by atoms with Gasteiger partial charge in [0.05, 0.1) is 4.90 Å². The molecule has 0 bridgehead atoms. The van der Waals surface area contributed by atoms with Crippen LogP contribution in [-0.2, 0) is 16.6 Å². The molecule has 1 fully saturated rings. The third kappa shape index (κ3) is 2.30. The molecule has 100 valence electrons. The van der Waals surface area contributed by atoms with Crippen molar-refractivity contribution in [2.75, 3.05) is 7.05 Å². The molecule has 0 aliphatic heterocycles. The van der Waals surface area contributed by atoms with E-state index in [1.54, 1.807) is 19.2 Å². The number of sulfonamides is 1. The zero-order valence-electron chi connectivity index (χ0n) is 10.9. The largest absolute Gasteiger partial charge is 0.326 e. The second kappa shape index (κ2) is 4.99. The predicted molar refractivity (Wildman–Crippen MR) is 71.7 cm³/mol. The molecule has 5 heteroatoms. The van der Waals surface area contributed by atoms with Gasteiger partial charge in [0.25, 0.3) is 0 Å². The van der Waals surface area contributed by atoms with E-state index < -0.39 is 10.0 Å². The van der Waals surface area contributed by atoms with Crippen molar-refractivity contribution in [1.29, 1.82) is 0 Å². The molecule has 0 unspecified atom stereocenters. The normalized spacial score (nSPS) is 16.9. The van der Waals surface area contributed by atoms with Gasteiger partial charge in [-0.1, -0.05) is 18.6 Å². The number of aryl methyl sites for hydroxylation is 1. The average Bonchev–Trinajstić information content (AvgIpc) is 2.26. The monoisotopic (exact) mass is 268 g/mol. The molecule has 1 aromatic carbocycles. The Balaban J connectivity index is 2.34. The van der Waals surface area contributed by atoms with Crippen molar-refractivity contribution in [3.05, 3.63) is 29.3 Å². The zero-order chi connectivity index (χ0) is 13.3. The summed E-state index contributed by atoms with van der Waals surface area (Å²) in [6.07, 6.45) is 3.06. The topological polar surface area (TPSA) is 63.4 Å². The standard InChI is InChI=1S/C13H20N2O2S/c1-10-8-11(9-14)6-7-13(10)18(16,17)15(2)12-4-3-5-12/h6-8,12H,3-5,9,14H2,1-2H3. The third-order valence-corrected chi connectivity index (χ3v) is 5.79. The Hall–Kier alpha value is -0.910. The summed E-state index contributed by atoms with van der Waals surface area (Å²) in [6, 6.07) is 5.47. The third-order valence-electron chi connectivity index (χ3n) is 3.72. The zero-order valence-corrected chi connectivity index (χ0v) is 11.7. The lowest BCUT2D eigenvalue weighted by Gasteiger charge is -2.34. The van der Waals surface area contributed by atoms with E-state index in [4.69, 9.17) is 5.73 Å². The van der Waals surface area contributed by atoms with E-state index in [9.17, 15) is 8.42 Å². The summed E-state index contributed by atoms with van der Waals surface area (Å²) in [5.41, 5.74) is 7.28. The van der Waals surface area contributed by atoms with E-state index in [1.165, 1.54) is 4.31 Å². The molecule has 0 atom stereocenters. The minimum atomic E-state index is -3.36. The molecular weight excluding hydrogens is 248 g/mol. The summed E-state index contributed by atoms with van der Waals surface area (Å²) in [6.45, 7) is 2.25. The SMILES string of the molecule is Cc1cc(CN)ccc1S(=O)(=O)N(C)C1CCC1. The first-order chi connectivity index (χ1) is 8.46. The average molecular weight is 268 g/mol. The number of nitrogens with two attached hydrogens (primary N) is 1. The van der Waals surface area contributed by atoms with Gasteiger partial charge < -0.3 is 5.73 Å². The molecule has 0 radical (unpaired) electrons. The van der Waals surface area contributed by atoms with Gasteiger partial charge in [-0.25, -0.2) is 8.42 Å². The molecule has 4 nitrogen and oxygen atoms in total. The number of hydrogen-bond acceptors (Lipinski definition) is 3. The summed E-state index contributed by atoms with van der Waals surface area (Å²) in [5, 5.41) is 0. The van der Waals surface area contributed by atoms with E-state index in [2.05, 4.69) is 0 Å². The van der Waals surface area contributed by atoms with Crippen molar-refractivity contribution in [1.82, 2.24) is 4.31 Å². The lowest BCUT2D eigenvalue weighted by Crippen LogP contribution is -2.41. The molecule has 1 saturated carbocycles. The van der Waals surface area contributed by atoms with E-state index in [-0.39, 0.29) is 6.04 Å². The molecular formula is C13H20N2O2S. The lowest BCUT2D eigenvalue weighted by atomic mass is 9.94. The van der Waals surface area contributed by atoms with Crippen LogP contribution in [-0.4, -0.2) is 25.8 Å². The Bertz CT molecular complexity index is 536. The summed E-state index contributed by atoms with van der Waals surface area (Å²) in [7, 11) is -1.69. The van der Waals surface area contributed by atoms with Gasteiger partial charge >= 0.3 is 0 Å². The van der Waals surface area contributed by atoms with E-state index >= 15 is 0 Å². The maximum Gasteiger partial charge on any atom is 0.243 e. The van der Waals surface area contributed by atoms with E-state index in [0.29, 0.717) is 11.4 Å². The van der Waals surface area contributed by atoms with Crippen LogP contribution in [0.2, 0.25) is 0 Å². The van der Waals surface area contributed by atoms with Crippen LogP contribution in [0.4, 0.5) is 0 Å². The summed E-state index contributed by atoms with van der Waals surface area (Å²) < 4.78 is 26.5. The van der Waals surface area contributed by atoms with Crippen molar-refractivity contribution >= 4 is 10.0 Å². The van der Waals surface area contributed by atoms with Crippen LogP contribution in [0.5, 0.6) is 0 Å². The molecule has 1 aliphatic carbocycles. The molecule has 2 rings (SSSR count).